The molecule has 3 saturated heterocycles. The minimum absolute atomic E-state index is 0.0297. The van der Waals surface area contributed by atoms with Gasteiger partial charge in [0.2, 0.25) is 11.8 Å². The molecule has 1 aliphatic carbocycles. The zero-order chi connectivity index (χ0) is 50.6. The molecule has 7 atom stereocenters. The highest BCUT2D eigenvalue weighted by Gasteiger charge is 2.76. The first-order valence-electron chi connectivity index (χ1n) is 25.7. The number of benzene rings is 4. The third-order valence-electron chi connectivity index (χ3n) is 15.4. The molecule has 5 aliphatic rings. The summed E-state index contributed by atoms with van der Waals surface area (Å²) < 4.78 is 17.9. The summed E-state index contributed by atoms with van der Waals surface area (Å²) in [5.41, 5.74) is -0.504. The number of rotatable bonds is 10. The summed E-state index contributed by atoms with van der Waals surface area (Å²) in [5.74, 6) is 2.26. The zero-order valence-electron chi connectivity index (χ0n) is 41.5. The average molecular weight is 979 g/mol. The van der Waals surface area contributed by atoms with Gasteiger partial charge in [-0.05, 0) is 97.0 Å². The van der Waals surface area contributed by atoms with Gasteiger partial charge < -0.3 is 34.6 Å². The number of ether oxygens (including phenoxy) is 3. The maximum absolute atomic E-state index is 16.9. The molecule has 4 amide bonds. The predicted octanol–water partition coefficient (Wildman–Crippen LogP) is 7.86. The number of amides is 4. The molecule has 4 fully saturated rings. The first kappa shape index (κ1) is 50.4. The molecule has 4 aromatic rings. The highest BCUT2D eigenvalue weighted by atomic mass is 16.6. The Morgan fingerprint density at radius 3 is 2.08 bits per heavy atom. The fourth-order valence-electron chi connectivity index (χ4n) is 12.0. The molecule has 3 N–H and O–H groups in total. The van der Waals surface area contributed by atoms with Crippen LogP contribution in [0.4, 0.5) is 10.5 Å². The fourth-order valence-corrected chi connectivity index (χ4v) is 12.0. The number of morpholine rings is 1. The number of hydrogen-bond acceptors (Lipinski definition) is 11. The molecule has 14 nitrogen and oxygen atoms in total. The van der Waals surface area contributed by atoms with Gasteiger partial charge in [0.15, 0.2) is 0 Å². The van der Waals surface area contributed by atoms with Crippen molar-refractivity contribution in [2.45, 2.75) is 126 Å². The Morgan fingerprint density at radius 1 is 0.792 bits per heavy atom. The molecular weight excluding hydrogens is 913 g/mol. The number of hydrogen-bond donors (Lipinski definition) is 3. The van der Waals surface area contributed by atoms with Crippen molar-refractivity contribution in [3.63, 3.8) is 0 Å². The Bertz CT molecular complexity index is 2690. The standard InChI is InChI=1S/C58H66N4O10/c1-38(2)47(53(65)70-3)59-56(68)61-45-27-26-39(28-31-57(69)29-15-5-6-16-30-57)36-44(45)58(55(61)67)46(52(64)60-32-17-7-4-8-18-33-60)49-54(66)72-50(41-22-13-10-14-23-41)48(40-20-11-9-12-21-40)62(49)51(58)42-24-19-25-43(37-42)71-35-34-63/h9-14,19-27,36-38,46-51,63,69H,4-8,15-18,29-30,32-35H2,1-3H3,(H,59,68). The number of cyclic esters (lactones) is 1. The van der Waals surface area contributed by atoms with Gasteiger partial charge >= 0.3 is 18.0 Å². The molecule has 9 rings (SSSR count). The lowest BCUT2D eigenvalue weighted by atomic mass is 9.64. The van der Waals surface area contributed by atoms with Crippen LogP contribution in [0.3, 0.4) is 0 Å². The van der Waals surface area contributed by atoms with Gasteiger partial charge in [-0.1, -0.05) is 131 Å². The number of esters is 2. The maximum atomic E-state index is 16.9. The van der Waals surface area contributed by atoms with Gasteiger partial charge in [0.1, 0.15) is 41.6 Å². The summed E-state index contributed by atoms with van der Waals surface area (Å²) in [6.45, 7) is 3.99. The number of nitrogens with zero attached hydrogens (tertiary/aromatic N) is 3. The number of carbonyl (C=O) groups excluding carboxylic acids is 5. The molecule has 378 valence electrons. The van der Waals surface area contributed by atoms with Crippen LogP contribution in [-0.2, 0) is 34.1 Å². The summed E-state index contributed by atoms with van der Waals surface area (Å²) in [6.07, 6.45) is 7.96. The number of carbonyl (C=O) groups is 5. The second kappa shape index (κ2) is 21.7. The highest BCUT2D eigenvalue weighted by molar-refractivity contribution is 6.25. The normalized spacial score (nSPS) is 25.4. The molecule has 1 spiro atoms. The van der Waals surface area contributed by atoms with E-state index in [1.165, 1.54) is 7.11 Å². The molecule has 7 unspecified atom stereocenters. The van der Waals surface area contributed by atoms with Crippen LogP contribution >= 0.6 is 0 Å². The lowest BCUT2D eigenvalue weighted by molar-refractivity contribution is -0.179. The lowest BCUT2D eigenvalue weighted by Crippen LogP contribution is -2.58. The van der Waals surface area contributed by atoms with E-state index in [-0.39, 0.29) is 24.5 Å². The number of likely N-dealkylation sites (tertiary alicyclic amines) is 1. The van der Waals surface area contributed by atoms with Gasteiger partial charge in [-0.15, -0.1) is 0 Å². The number of fused-ring (bicyclic) bond motifs is 3. The number of nitrogens with one attached hydrogen (secondary N) is 1. The van der Waals surface area contributed by atoms with Gasteiger partial charge in [-0.3, -0.25) is 19.3 Å². The SMILES string of the molecule is COC(=O)C(NC(=O)N1C(=O)C2(c3cc(C#CC4(O)CCCCCC4)ccc31)C(C(=O)N1CCCCCCC1)C1C(=O)OC(c3ccccc3)C(c3ccccc3)N1C2c1cccc(OCCO)c1)C(C)C. The molecule has 0 bridgehead atoms. The minimum atomic E-state index is -2.07. The lowest BCUT2D eigenvalue weighted by Gasteiger charge is -2.46. The maximum Gasteiger partial charge on any atom is 0.329 e. The van der Waals surface area contributed by atoms with Crippen molar-refractivity contribution in [2.24, 2.45) is 11.8 Å². The van der Waals surface area contributed by atoms with Crippen LogP contribution in [0.5, 0.6) is 5.75 Å². The van der Waals surface area contributed by atoms with Gasteiger partial charge in [-0.25, -0.2) is 14.5 Å². The number of urea groups is 1. The minimum Gasteiger partial charge on any atom is -0.491 e. The monoisotopic (exact) mass is 978 g/mol. The number of methoxy groups -OCH3 is 1. The topological polar surface area (TPSA) is 175 Å². The van der Waals surface area contributed by atoms with Crippen LogP contribution in [0.1, 0.15) is 130 Å². The molecule has 4 heterocycles. The Labute approximate surface area is 422 Å². The molecule has 72 heavy (non-hydrogen) atoms. The van der Waals surface area contributed by atoms with Crippen LogP contribution in [-0.4, -0.2) is 101 Å². The van der Waals surface area contributed by atoms with E-state index in [1.807, 2.05) is 71.6 Å². The van der Waals surface area contributed by atoms with E-state index >= 15 is 19.2 Å². The van der Waals surface area contributed by atoms with E-state index in [2.05, 4.69) is 17.2 Å². The van der Waals surface area contributed by atoms with Crippen molar-refractivity contribution in [2.75, 3.05) is 38.3 Å². The van der Waals surface area contributed by atoms with Crippen LogP contribution in [0, 0.1) is 23.7 Å². The van der Waals surface area contributed by atoms with Gasteiger partial charge in [0.25, 0.3) is 0 Å². The van der Waals surface area contributed by atoms with Crippen molar-refractivity contribution in [1.82, 2.24) is 15.1 Å². The Hall–Kier alpha value is -6.53. The fraction of sp³-hybridized carbons (Fsp3) is 0.466. The van der Waals surface area contributed by atoms with Crippen molar-refractivity contribution < 1.29 is 48.4 Å². The number of aliphatic hydroxyl groups is 2. The van der Waals surface area contributed by atoms with E-state index in [0.717, 1.165) is 55.4 Å². The molecule has 4 aromatic carbocycles. The highest BCUT2D eigenvalue weighted by Crippen LogP contribution is 2.66. The van der Waals surface area contributed by atoms with E-state index in [0.29, 0.717) is 61.2 Å². The first-order valence-corrected chi connectivity index (χ1v) is 25.7. The van der Waals surface area contributed by atoms with Gasteiger partial charge in [0.05, 0.1) is 37.4 Å². The Kier molecular flexibility index (Phi) is 15.2. The summed E-state index contributed by atoms with van der Waals surface area (Å²) in [5, 5.41) is 24.5. The summed E-state index contributed by atoms with van der Waals surface area (Å²) in [4.78, 5) is 82.3. The van der Waals surface area contributed by atoms with Gasteiger partial charge in [0, 0.05) is 18.7 Å². The quantitative estimate of drug-likeness (QED) is 0.0802. The molecule has 0 aromatic heterocycles. The van der Waals surface area contributed by atoms with Crippen LogP contribution in [0.15, 0.2) is 103 Å². The third kappa shape index (κ3) is 9.50. The number of aliphatic hydroxyl groups excluding tert-OH is 1. The van der Waals surface area contributed by atoms with Crippen molar-refractivity contribution in [3.05, 3.63) is 131 Å². The van der Waals surface area contributed by atoms with E-state index in [1.54, 1.807) is 55.1 Å². The van der Waals surface area contributed by atoms with Crippen LogP contribution < -0.4 is 15.0 Å². The van der Waals surface area contributed by atoms with Crippen molar-refractivity contribution >= 4 is 35.5 Å². The predicted molar refractivity (Wildman–Crippen MR) is 269 cm³/mol. The average Bonchev–Trinajstić information content (AvgIpc) is 3.72. The van der Waals surface area contributed by atoms with E-state index in [4.69, 9.17) is 14.2 Å². The Morgan fingerprint density at radius 2 is 1.43 bits per heavy atom. The molecule has 0 radical (unpaired) electrons. The largest absolute Gasteiger partial charge is 0.491 e. The second-order valence-corrected chi connectivity index (χ2v) is 20.3. The first-order chi connectivity index (χ1) is 34.9. The molecule has 1 saturated carbocycles. The number of anilines is 1. The zero-order valence-corrected chi connectivity index (χ0v) is 41.5. The number of imide groups is 1. The summed E-state index contributed by atoms with van der Waals surface area (Å²) in [7, 11) is 1.23. The second-order valence-electron chi connectivity index (χ2n) is 20.3. The molecule has 4 aliphatic heterocycles. The van der Waals surface area contributed by atoms with Crippen LogP contribution in [0.25, 0.3) is 0 Å². The van der Waals surface area contributed by atoms with Gasteiger partial charge in [-0.2, -0.15) is 0 Å². The van der Waals surface area contributed by atoms with Crippen LogP contribution in [0.2, 0.25) is 0 Å². The van der Waals surface area contributed by atoms with E-state index in [9.17, 15) is 15.0 Å². The smallest absolute Gasteiger partial charge is 0.329 e. The summed E-state index contributed by atoms with van der Waals surface area (Å²) in [6, 6.07) is 25.7. The van der Waals surface area contributed by atoms with E-state index < -0.39 is 82.9 Å². The molecular formula is C58H66N4O10. The van der Waals surface area contributed by atoms with Crippen molar-refractivity contribution in [3.8, 4) is 17.6 Å². The molecule has 14 heteroatoms. The third-order valence-corrected chi connectivity index (χ3v) is 15.4. The Balaban J connectivity index is 1.37. The summed E-state index contributed by atoms with van der Waals surface area (Å²) >= 11 is 0. The van der Waals surface area contributed by atoms with Crippen molar-refractivity contribution in [1.29, 1.82) is 0 Å².